The predicted octanol–water partition coefficient (Wildman–Crippen LogP) is 1.01. The molecule has 0 aliphatic heterocycles. The van der Waals surface area contributed by atoms with Crippen LogP contribution in [0.2, 0.25) is 0 Å². The van der Waals surface area contributed by atoms with E-state index in [0.29, 0.717) is 23.3 Å². The Hall–Kier alpha value is -1.82. The Labute approximate surface area is 99.0 Å². The van der Waals surface area contributed by atoms with Crippen molar-refractivity contribution < 1.29 is 9.74 Å². The van der Waals surface area contributed by atoms with Crippen molar-refractivity contribution in [2.75, 3.05) is 30.3 Å². The predicted molar refractivity (Wildman–Crippen MR) is 65.8 cm³/mol. The highest BCUT2D eigenvalue weighted by molar-refractivity contribution is 5.95. The van der Waals surface area contributed by atoms with Gasteiger partial charge in [0, 0.05) is 13.1 Å². The first-order chi connectivity index (χ1) is 8.27. The minimum absolute atomic E-state index is 0.0944. The highest BCUT2D eigenvalue weighted by atomic mass is 16.6. The number of fused-ring (bicyclic) bond motifs is 1. The summed E-state index contributed by atoms with van der Waals surface area (Å²) in [6, 6.07) is 3.66. The molecule has 0 bridgehead atoms. The zero-order chi connectivity index (χ0) is 12.3. The van der Waals surface area contributed by atoms with Crippen LogP contribution in [0.3, 0.4) is 0 Å². The van der Waals surface area contributed by atoms with Gasteiger partial charge in [0.2, 0.25) is 0 Å². The molecule has 3 N–H and O–H groups in total. The second-order valence-corrected chi connectivity index (χ2v) is 3.85. The van der Waals surface area contributed by atoms with Gasteiger partial charge in [0.25, 0.3) is 0 Å². The summed E-state index contributed by atoms with van der Waals surface area (Å²) < 4.78 is 4.72. The summed E-state index contributed by atoms with van der Waals surface area (Å²) in [5.41, 5.74) is 8.44. The van der Waals surface area contributed by atoms with E-state index < -0.39 is 0 Å². The van der Waals surface area contributed by atoms with Crippen LogP contribution >= 0.6 is 0 Å². The molecule has 0 saturated heterocycles. The van der Waals surface area contributed by atoms with Crippen molar-refractivity contribution in [2.45, 2.75) is 13.3 Å². The van der Waals surface area contributed by atoms with Crippen LogP contribution < -0.4 is 10.6 Å². The van der Waals surface area contributed by atoms with Crippen LogP contribution in [0, 0.1) is 0 Å². The van der Waals surface area contributed by atoms with Gasteiger partial charge in [0.1, 0.15) is 0 Å². The Bertz CT molecular complexity index is 491. The zero-order valence-corrected chi connectivity index (χ0v) is 9.76. The first kappa shape index (κ1) is 11.7. The van der Waals surface area contributed by atoms with E-state index in [1.807, 2.05) is 11.0 Å². The van der Waals surface area contributed by atoms with Gasteiger partial charge in [-0.3, -0.25) is 0 Å². The fraction of sp³-hybridized carbons (Fsp3) is 0.455. The summed E-state index contributed by atoms with van der Waals surface area (Å²) in [4.78, 5) is 2.05. The molecule has 17 heavy (non-hydrogen) atoms. The molecule has 0 unspecified atom stereocenters. The molecule has 1 aromatic carbocycles. The van der Waals surface area contributed by atoms with E-state index in [-0.39, 0.29) is 6.61 Å². The Morgan fingerprint density at radius 2 is 2.06 bits per heavy atom. The maximum atomic E-state index is 9.08. The van der Waals surface area contributed by atoms with Crippen LogP contribution in [0.15, 0.2) is 16.8 Å². The Kier molecular flexibility index (Phi) is 3.43. The summed E-state index contributed by atoms with van der Waals surface area (Å²) in [5.74, 6) is 0. The van der Waals surface area contributed by atoms with Crippen LogP contribution in [0.1, 0.15) is 13.3 Å². The Morgan fingerprint density at radius 1 is 1.29 bits per heavy atom. The molecular formula is C11H16N4O2. The number of aromatic nitrogens is 2. The minimum atomic E-state index is 0.0944. The average molecular weight is 236 g/mol. The number of aliphatic hydroxyl groups is 1. The second-order valence-electron chi connectivity index (χ2n) is 3.85. The molecule has 92 valence electrons. The fourth-order valence-electron chi connectivity index (χ4n) is 1.87. The van der Waals surface area contributed by atoms with Crippen molar-refractivity contribution in [1.82, 2.24) is 10.3 Å². The van der Waals surface area contributed by atoms with E-state index in [9.17, 15) is 0 Å². The number of nitrogens with zero attached hydrogens (tertiary/aromatic N) is 3. The van der Waals surface area contributed by atoms with Crippen molar-refractivity contribution in [1.29, 1.82) is 0 Å². The van der Waals surface area contributed by atoms with Gasteiger partial charge >= 0.3 is 0 Å². The summed E-state index contributed by atoms with van der Waals surface area (Å²) in [6.45, 7) is 3.57. The van der Waals surface area contributed by atoms with Crippen LogP contribution in [-0.4, -0.2) is 35.1 Å². The SMILES string of the molecule is CCCN(CCO)c1ccc(N)c2nonc12. The molecule has 0 fully saturated rings. The largest absolute Gasteiger partial charge is 0.397 e. The van der Waals surface area contributed by atoms with Crippen molar-refractivity contribution in [3.63, 3.8) is 0 Å². The van der Waals surface area contributed by atoms with Gasteiger partial charge in [0.05, 0.1) is 18.0 Å². The molecular weight excluding hydrogens is 220 g/mol. The third-order valence-corrected chi connectivity index (χ3v) is 2.63. The standard InChI is InChI=1S/C11H16N4O2/c1-2-5-15(6-7-16)9-4-3-8(12)10-11(9)14-17-13-10/h3-4,16H,2,5-7,12H2,1H3. The molecule has 0 atom stereocenters. The van der Waals surface area contributed by atoms with Gasteiger partial charge in [-0.25, -0.2) is 4.63 Å². The molecule has 1 heterocycles. The van der Waals surface area contributed by atoms with Gasteiger partial charge in [-0.2, -0.15) is 0 Å². The summed E-state index contributed by atoms with van der Waals surface area (Å²) in [5, 5.41) is 16.7. The number of anilines is 2. The van der Waals surface area contributed by atoms with Crippen molar-refractivity contribution in [3.8, 4) is 0 Å². The van der Waals surface area contributed by atoms with E-state index in [0.717, 1.165) is 18.7 Å². The van der Waals surface area contributed by atoms with Gasteiger partial charge in [0.15, 0.2) is 11.0 Å². The van der Waals surface area contributed by atoms with Crippen molar-refractivity contribution >= 4 is 22.4 Å². The fourth-order valence-corrected chi connectivity index (χ4v) is 1.87. The number of nitrogen functional groups attached to an aromatic ring is 1. The summed E-state index contributed by atoms with van der Waals surface area (Å²) in [6.07, 6.45) is 0.983. The lowest BCUT2D eigenvalue weighted by Gasteiger charge is -2.23. The molecule has 0 aliphatic rings. The van der Waals surface area contributed by atoms with Crippen molar-refractivity contribution in [3.05, 3.63) is 12.1 Å². The van der Waals surface area contributed by atoms with Gasteiger partial charge in [-0.1, -0.05) is 6.92 Å². The molecule has 0 spiro atoms. The first-order valence-electron chi connectivity index (χ1n) is 5.64. The van der Waals surface area contributed by atoms with Gasteiger partial charge < -0.3 is 15.7 Å². The third-order valence-electron chi connectivity index (χ3n) is 2.63. The Morgan fingerprint density at radius 3 is 2.76 bits per heavy atom. The smallest absolute Gasteiger partial charge is 0.160 e. The molecule has 2 aromatic rings. The van der Waals surface area contributed by atoms with Gasteiger partial charge in [-0.15, -0.1) is 0 Å². The van der Waals surface area contributed by atoms with Gasteiger partial charge in [-0.05, 0) is 28.9 Å². The van der Waals surface area contributed by atoms with E-state index in [1.54, 1.807) is 6.07 Å². The van der Waals surface area contributed by atoms with Crippen LogP contribution in [0.25, 0.3) is 11.0 Å². The number of hydrogen-bond acceptors (Lipinski definition) is 6. The monoisotopic (exact) mass is 236 g/mol. The molecule has 0 saturated carbocycles. The minimum Gasteiger partial charge on any atom is -0.397 e. The van der Waals surface area contributed by atoms with E-state index in [1.165, 1.54) is 0 Å². The Balaban J connectivity index is 2.45. The lowest BCUT2D eigenvalue weighted by Crippen LogP contribution is -2.27. The normalized spacial score (nSPS) is 10.9. The topological polar surface area (TPSA) is 88.4 Å². The highest BCUT2D eigenvalue weighted by Gasteiger charge is 2.14. The third kappa shape index (κ3) is 2.16. The first-order valence-corrected chi connectivity index (χ1v) is 5.64. The number of rotatable bonds is 5. The molecule has 0 amide bonds. The molecule has 0 radical (unpaired) electrons. The summed E-state index contributed by atoms with van der Waals surface area (Å²) in [7, 11) is 0. The van der Waals surface area contributed by atoms with E-state index >= 15 is 0 Å². The quantitative estimate of drug-likeness (QED) is 0.753. The maximum Gasteiger partial charge on any atom is 0.160 e. The second kappa shape index (κ2) is 5.01. The number of nitrogens with two attached hydrogens (primary N) is 1. The van der Waals surface area contributed by atoms with Crippen LogP contribution in [0.4, 0.5) is 11.4 Å². The molecule has 2 rings (SSSR count). The average Bonchev–Trinajstić information content (AvgIpc) is 2.79. The van der Waals surface area contributed by atoms with Crippen LogP contribution in [-0.2, 0) is 0 Å². The number of benzene rings is 1. The van der Waals surface area contributed by atoms with E-state index in [2.05, 4.69) is 17.2 Å². The molecule has 0 aliphatic carbocycles. The lowest BCUT2D eigenvalue weighted by atomic mass is 10.2. The number of aliphatic hydroxyl groups excluding tert-OH is 1. The van der Waals surface area contributed by atoms with Crippen LogP contribution in [0.5, 0.6) is 0 Å². The number of hydrogen-bond donors (Lipinski definition) is 2. The zero-order valence-electron chi connectivity index (χ0n) is 9.76. The molecule has 1 aromatic heterocycles. The molecule has 6 heteroatoms. The maximum absolute atomic E-state index is 9.08. The lowest BCUT2D eigenvalue weighted by molar-refractivity contribution is 0.301. The van der Waals surface area contributed by atoms with Crippen molar-refractivity contribution in [2.24, 2.45) is 0 Å². The summed E-state index contributed by atoms with van der Waals surface area (Å²) >= 11 is 0. The highest BCUT2D eigenvalue weighted by Crippen LogP contribution is 2.28. The molecule has 6 nitrogen and oxygen atoms in total. The van der Waals surface area contributed by atoms with E-state index in [4.69, 9.17) is 15.5 Å².